The zero-order chi connectivity index (χ0) is 11.9. The third-order valence-electron chi connectivity index (χ3n) is 3.45. The SMILES string of the molecule is COCC1(C2CC2)C(=N)NC(=O)N1C(C)C. The number of methoxy groups -OCH3 is 1. The van der Waals surface area contributed by atoms with Gasteiger partial charge < -0.3 is 9.64 Å². The molecule has 0 aromatic carbocycles. The number of hydrogen-bond donors (Lipinski definition) is 2. The highest BCUT2D eigenvalue weighted by molar-refractivity contribution is 6.09. The fraction of sp³-hybridized carbons (Fsp3) is 0.818. The van der Waals surface area contributed by atoms with Gasteiger partial charge in [-0.15, -0.1) is 0 Å². The Balaban J connectivity index is 2.38. The molecule has 2 amide bonds. The molecule has 0 bridgehead atoms. The van der Waals surface area contributed by atoms with Gasteiger partial charge >= 0.3 is 6.03 Å². The average Bonchev–Trinajstić information content (AvgIpc) is 2.95. The van der Waals surface area contributed by atoms with Crippen molar-refractivity contribution in [3.8, 4) is 0 Å². The standard InChI is InChI=1S/C11H19N3O2/c1-7(2)14-10(15)13-9(12)11(14,6-16-3)8-4-5-8/h7-8H,4-6H2,1-3H3,(H2,12,13,15). The molecule has 1 atom stereocenters. The van der Waals surface area contributed by atoms with Gasteiger partial charge in [0, 0.05) is 13.2 Å². The molecule has 1 unspecified atom stereocenters. The molecule has 2 N–H and O–H groups in total. The van der Waals surface area contributed by atoms with E-state index in [9.17, 15) is 4.79 Å². The molecule has 1 aliphatic carbocycles. The Labute approximate surface area is 95.6 Å². The Morgan fingerprint density at radius 3 is 2.69 bits per heavy atom. The Hall–Kier alpha value is -1.10. The molecule has 5 nitrogen and oxygen atoms in total. The lowest BCUT2D eigenvalue weighted by Crippen LogP contribution is -2.57. The van der Waals surface area contributed by atoms with E-state index in [1.165, 1.54) is 0 Å². The normalized spacial score (nSPS) is 30.1. The molecule has 0 radical (unpaired) electrons. The van der Waals surface area contributed by atoms with Crippen molar-refractivity contribution < 1.29 is 9.53 Å². The maximum absolute atomic E-state index is 11.9. The highest BCUT2D eigenvalue weighted by atomic mass is 16.5. The Kier molecular flexibility index (Phi) is 2.66. The van der Waals surface area contributed by atoms with Gasteiger partial charge in [-0.25, -0.2) is 4.79 Å². The summed E-state index contributed by atoms with van der Waals surface area (Å²) >= 11 is 0. The number of rotatable bonds is 4. The van der Waals surface area contributed by atoms with Gasteiger partial charge in [-0.2, -0.15) is 0 Å². The highest BCUT2D eigenvalue weighted by Crippen LogP contribution is 2.46. The topological polar surface area (TPSA) is 65.4 Å². The van der Waals surface area contributed by atoms with Crippen molar-refractivity contribution in [3.63, 3.8) is 0 Å². The molecule has 2 fully saturated rings. The molecule has 0 aromatic heterocycles. The fourth-order valence-corrected chi connectivity index (χ4v) is 2.71. The van der Waals surface area contributed by atoms with E-state index in [1.807, 2.05) is 13.8 Å². The summed E-state index contributed by atoms with van der Waals surface area (Å²) in [5.41, 5.74) is -0.542. The highest BCUT2D eigenvalue weighted by Gasteiger charge is 2.59. The van der Waals surface area contributed by atoms with Crippen LogP contribution in [0.15, 0.2) is 0 Å². The summed E-state index contributed by atoms with van der Waals surface area (Å²) in [6, 6.07) is -0.0810. The van der Waals surface area contributed by atoms with E-state index in [-0.39, 0.29) is 12.1 Å². The molecular weight excluding hydrogens is 206 g/mol. The molecule has 1 saturated carbocycles. The summed E-state index contributed by atoms with van der Waals surface area (Å²) in [5, 5.41) is 10.7. The Bertz CT molecular complexity index is 325. The average molecular weight is 225 g/mol. The van der Waals surface area contributed by atoms with Crippen LogP contribution < -0.4 is 5.32 Å². The van der Waals surface area contributed by atoms with E-state index in [2.05, 4.69) is 5.32 Å². The van der Waals surface area contributed by atoms with E-state index >= 15 is 0 Å². The molecule has 90 valence electrons. The van der Waals surface area contributed by atoms with Crippen molar-refractivity contribution in [2.75, 3.05) is 13.7 Å². The molecule has 2 rings (SSSR count). The minimum absolute atomic E-state index is 0.0820. The van der Waals surface area contributed by atoms with Crippen LogP contribution in [0.2, 0.25) is 0 Å². The first-order valence-electron chi connectivity index (χ1n) is 5.72. The number of amidine groups is 1. The number of urea groups is 1. The van der Waals surface area contributed by atoms with Crippen LogP contribution in [-0.4, -0.2) is 42.1 Å². The molecule has 1 aliphatic heterocycles. The third kappa shape index (κ3) is 1.42. The lowest BCUT2D eigenvalue weighted by atomic mass is 9.91. The quantitative estimate of drug-likeness (QED) is 0.754. The van der Waals surface area contributed by atoms with E-state index in [0.29, 0.717) is 18.4 Å². The van der Waals surface area contributed by atoms with E-state index < -0.39 is 5.54 Å². The molecule has 0 spiro atoms. The monoisotopic (exact) mass is 225 g/mol. The Morgan fingerprint density at radius 1 is 1.62 bits per heavy atom. The van der Waals surface area contributed by atoms with Crippen LogP contribution in [0.4, 0.5) is 4.79 Å². The molecule has 0 aromatic rings. The molecular formula is C11H19N3O2. The number of amides is 2. The molecule has 5 heteroatoms. The zero-order valence-electron chi connectivity index (χ0n) is 10.0. The smallest absolute Gasteiger partial charge is 0.323 e. The predicted molar refractivity (Wildman–Crippen MR) is 60.6 cm³/mol. The van der Waals surface area contributed by atoms with Gasteiger partial charge in [0.2, 0.25) is 0 Å². The van der Waals surface area contributed by atoms with Crippen LogP contribution >= 0.6 is 0 Å². The first kappa shape index (κ1) is 11.4. The van der Waals surface area contributed by atoms with Crippen molar-refractivity contribution in [2.24, 2.45) is 5.92 Å². The molecule has 1 heterocycles. The number of nitrogens with one attached hydrogen (secondary N) is 2. The summed E-state index contributed by atoms with van der Waals surface area (Å²) in [5.74, 6) is 0.678. The van der Waals surface area contributed by atoms with Crippen molar-refractivity contribution in [2.45, 2.75) is 38.3 Å². The third-order valence-corrected chi connectivity index (χ3v) is 3.45. The van der Waals surface area contributed by atoms with Gasteiger partial charge in [-0.1, -0.05) is 0 Å². The van der Waals surface area contributed by atoms with Crippen LogP contribution in [0.1, 0.15) is 26.7 Å². The van der Waals surface area contributed by atoms with Crippen molar-refractivity contribution in [3.05, 3.63) is 0 Å². The lowest BCUT2D eigenvalue weighted by molar-refractivity contribution is 0.0574. The molecule has 1 saturated heterocycles. The number of carbonyl (C=O) groups excluding carboxylic acids is 1. The summed E-state index contributed by atoms with van der Waals surface area (Å²) < 4.78 is 5.25. The van der Waals surface area contributed by atoms with Crippen LogP contribution in [0.3, 0.4) is 0 Å². The van der Waals surface area contributed by atoms with Crippen LogP contribution in [0, 0.1) is 11.3 Å². The maximum atomic E-state index is 11.9. The van der Waals surface area contributed by atoms with Crippen molar-refractivity contribution in [1.29, 1.82) is 5.41 Å². The second-order valence-electron chi connectivity index (χ2n) is 4.90. The summed E-state index contributed by atoms with van der Waals surface area (Å²) in [6.45, 7) is 4.36. The summed E-state index contributed by atoms with van der Waals surface area (Å²) in [6.07, 6.45) is 2.15. The van der Waals surface area contributed by atoms with Gasteiger partial charge in [0.25, 0.3) is 0 Å². The van der Waals surface area contributed by atoms with E-state index in [1.54, 1.807) is 12.0 Å². The minimum Gasteiger partial charge on any atom is -0.382 e. The minimum atomic E-state index is -0.542. The largest absolute Gasteiger partial charge is 0.382 e. The predicted octanol–water partition coefficient (Wildman–Crippen LogP) is 1.19. The van der Waals surface area contributed by atoms with Gasteiger partial charge in [-0.05, 0) is 32.6 Å². The second kappa shape index (κ2) is 3.73. The van der Waals surface area contributed by atoms with Gasteiger partial charge in [-0.3, -0.25) is 10.7 Å². The summed E-state index contributed by atoms with van der Waals surface area (Å²) in [7, 11) is 1.62. The Morgan fingerprint density at radius 2 is 2.25 bits per heavy atom. The lowest BCUT2D eigenvalue weighted by Gasteiger charge is -2.38. The first-order valence-corrected chi connectivity index (χ1v) is 5.72. The van der Waals surface area contributed by atoms with Gasteiger partial charge in [0.15, 0.2) is 0 Å². The van der Waals surface area contributed by atoms with Crippen molar-refractivity contribution >= 4 is 11.9 Å². The fourth-order valence-electron chi connectivity index (χ4n) is 2.71. The van der Waals surface area contributed by atoms with Gasteiger partial charge in [0.1, 0.15) is 11.4 Å². The van der Waals surface area contributed by atoms with Crippen LogP contribution in [0.25, 0.3) is 0 Å². The maximum Gasteiger partial charge on any atom is 0.323 e. The number of nitrogens with zero attached hydrogens (tertiary/aromatic N) is 1. The van der Waals surface area contributed by atoms with E-state index in [4.69, 9.17) is 10.1 Å². The van der Waals surface area contributed by atoms with Crippen LogP contribution in [0.5, 0.6) is 0 Å². The second-order valence-corrected chi connectivity index (χ2v) is 4.90. The summed E-state index contributed by atoms with van der Waals surface area (Å²) in [4.78, 5) is 13.6. The molecule has 16 heavy (non-hydrogen) atoms. The van der Waals surface area contributed by atoms with E-state index in [0.717, 1.165) is 12.8 Å². The zero-order valence-corrected chi connectivity index (χ0v) is 10.0. The van der Waals surface area contributed by atoms with Crippen molar-refractivity contribution in [1.82, 2.24) is 10.2 Å². The number of hydrogen-bond acceptors (Lipinski definition) is 3. The molecule has 2 aliphatic rings. The number of carbonyl (C=O) groups is 1. The first-order chi connectivity index (χ1) is 7.54. The van der Waals surface area contributed by atoms with Crippen LogP contribution in [-0.2, 0) is 4.74 Å². The van der Waals surface area contributed by atoms with Gasteiger partial charge in [0.05, 0.1) is 6.61 Å². The number of ether oxygens (including phenoxy) is 1.